The van der Waals surface area contributed by atoms with E-state index in [-0.39, 0.29) is 22.0 Å². The number of hydrogen-bond acceptors (Lipinski definition) is 3. The second-order valence-corrected chi connectivity index (χ2v) is 4.29. The lowest BCUT2D eigenvalue weighted by molar-refractivity contribution is -0.137. The topological polar surface area (TPSA) is 46.9 Å². The molecule has 0 aliphatic rings. The molecule has 2 aromatic rings. The van der Waals surface area contributed by atoms with Crippen LogP contribution in [0.25, 0.3) is 5.69 Å². The Bertz CT molecular complexity index is 697. The molecule has 1 N–H and O–H groups in total. The van der Waals surface area contributed by atoms with E-state index < -0.39 is 11.7 Å². The van der Waals surface area contributed by atoms with Crippen LogP contribution in [0.15, 0.2) is 35.3 Å². The monoisotopic (exact) mass is 303 g/mol. The molecule has 2 rings (SSSR count). The van der Waals surface area contributed by atoms with Gasteiger partial charge in [0.05, 0.1) is 16.3 Å². The lowest BCUT2D eigenvalue weighted by atomic mass is 10.2. The van der Waals surface area contributed by atoms with Crippen molar-refractivity contribution in [3.05, 3.63) is 51.3 Å². The van der Waals surface area contributed by atoms with Gasteiger partial charge in [-0.3, -0.25) is 4.79 Å². The fraction of sp³-hybridized carbons (Fsp3) is 0.167. The molecule has 8 heteroatoms. The Hall–Kier alpha value is -2.02. The molecular formula is C12H9ClF3N3O. The second-order valence-electron chi connectivity index (χ2n) is 3.89. The minimum Gasteiger partial charge on any atom is -0.368 e. The van der Waals surface area contributed by atoms with Crippen LogP contribution in [0.3, 0.4) is 0 Å². The van der Waals surface area contributed by atoms with Gasteiger partial charge in [-0.05, 0) is 18.2 Å². The zero-order valence-corrected chi connectivity index (χ0v) is 11.0. The largest absolute Gasteiger partial charge is 0.416 e. The molecule has 0 aliphatic carbocycles. The van der Waals surface area contributed by atoms with Gasteiger partial charge in [0, 0.05) is 19.3 Å². The molecule has 0 spiro atoms. The summed E-state index contributed by atoms with van der Waals surface area (Å²) in [4.78, 5) is 11.4. The molecule has 0 saturated heterocycles. The maximum Gasteiger partial charge on any atom is 0.416 e. The molecular weight excluding hydrogens is 295 g/mol. The molecule has 0 amide bonds. The zero-order chi connectivity index (χ0) is 14.9. The van der Waals surface area contributed by atoms with Crippen molar-refractivity contribution in [3.63, 3.8) is 0 Å². The van der Waals surface area contributed by atoms with Crippen molar-refractivity contribution < 1.29 is 13.2 Å². The van der Waals surface area contributed by atoms with E-state index in [0.717, 1.165) is 22.9 Å². The van der Waals surface area contributed by atoms with Gasteiger partial charge in [0.2, 0.25) is 5.43 Å². The van der Waals surface area contributed by atoms with E-state index in [2.05, 4.69) is 10.4 Å². The van der Waals surface area contributed by atoms with E-state index >= 15 is 0 Å². The Morgan fingerprint density at radius 3 is 2.60 bits per heavy atom. The number of nitrogens with one attached hydrogen (secondary N) is 1. The van der Waals surface area contributed by atoms with Crippen LogP contribution in [-0.2, 0) is 6.18 Å². The van der Waals surface area contributed by atoms with E-state index in [1.165, 1.54) is 19.3 Å². The summed E-state index contributed by atoms with van der Waals surface area (Å²) in [7, 11) is 1.49. The molecule has 1 aromatic heterocycles. The maximum atomic E-state index is 12.7. The lowest BCUT2D eigenvalue weighted by Crippen LogP contribution is -2.15. The minimum atomic E-state index is -4.48. The van der Waals surface area contributed by atoms with Crippen molar-refractivity contribution in [3.8, 4) is 5.69 Å². The Morgan fingerprint density at radius 1 is 1.30 bits per heavy atom. The summed E-state index contributed by atoms with van der Waals surface area (Å²) >= 11 is 5.89. The average molecular weight is 304 g/mol. The van der Waals surface area contributed by atoms with Crippen LogP contribution in [0.2, 0.25) is 5.02 Å². The summed E-state index contributed by atoms with van der Waals surface area (Å²) < 4.78 is 39.2. The molecule has 0 aliphatic heterocycles. The first-order valence-corrected chi connectivity index (χ1v) is 5.85. The number of halogens is 4. The second kappa shape index (κ2) is 5.16. The first-order valence-electron chi connectivity index (χ1n) is 5.48. The van der Waals surface area contributed by atoms with Gasteiger partial charge in [-0.1, -0.05) is 11.6 Å². The molecule has 1 heterocycles. The third kappa shape index (κ3) is 2.77. The van der Waals surface area contributed by atoms with Crippen LogP contribution >= 0.6 is 11.6 Å². The fourth-order valence-electron chi connectivity index (χ4n) is 1.58. The average Bonchev–Trinajstić information content (AvgIpc) is 2.39. The highest BCUT2D eigenvalue weighted by atomic mass is 35.5. The van der Waals surface area contributed by atoms with Crippen molar-refractivity contribution in [1.82, 2.24) is 9.78 Å². The van der Waals surface area contributed by atoms with Gasteiger partial charge in [-0.25, -0.2) is 4.68 Å². The molecule has 0 atom stereocenters. The molecule has 20 heavy (non-hydrogen) atoms. The summed E-state index contributed by atoms with van der Waals surface area (Å²) in [5.41, 5.74) is -1.17. The quantitative estimate of drug-likeness (QED) is 0.928. The molecule has 0 unspecified atom stereocenters. The van der Waals surface area contributed by atoms with Gasteiger partial charge in [-0.15, -0.1) is 5.10 Å². The minimum absolute atomic E-state index is 0.0148. The molecule has 0 fully saturated rings. The van der Waals surface area contributed by atoms with Crippen LogP contribution in [0, 0.1) is 0 Å². The third-order valence-corrected chi connectivity index (χ3v) is 2.88. The molecule has 106 valence electrons. The number of benzene rings is 1. The van der Waals surface area contributed by atoms with Crippen LogP contribution in [-0.4, -0.2) is 16.8 Å². The molecule has 1 aromatic carbocycles. The Balaban J connectivity index is 2.60. The van der Waals surface area contributed by atoms with Crippen molar-refractivity contribution >= 4 is 17.4 Å². The van der Waals surface area contributed by atoms with Crippen molar-refractivity contribution in [2.45, 2.75) is 6.18 Å². The first-order chi connectivity index (χ1) is 9.32. The van der Waals surface area contributed by atoms with E-state index in [1.54, 1.807) is 0 Å². The number of alkyl halides is 3. The summed E-state index contributed by atoms with van der Waals surface area (Å²) in [5.74, 6) is 0.0148. The predicted octanol–water partition coefficient (Wildman–Crippen LogP) is 2.95. The predicted molar refractivity (Wildman–Crippen MR) is 69.4 cm³/mol. The number of anilines is 1. The van der Waals surface area contributed by atoms with Crippen LogP contribution in [0.4, 0.5) is 19.0 Å². The van der Waals surface area contributed by atoms with Gasteiger partial charge >= 0.3 is 6.18 Å². The fourth-order valence-corrected chi connectivity index (χ4v) is 1.78. The molecule has 0 bridgehead atoms. The molecule has 0 saturated carbocycles. The zero-order valence-electron chi connectivity index (χ0n) is 10.2. The number of rotatable bonds is 2. The van der Waals surface area contributed by atoms with Gasteiger partial charge in [0.15, 0.2) is 5.82 Å². The summed E-state index contributed by atoms with van der Waals surface area (Å²) in [6.07, 6.45) is -3.23. The Morgan fingerprint density at radius 2 is 2.00 bits per heavy atom. The molecule has 0 radical (unpaired) electrons. The van der Waals surface area contributed by atoms with Gasteiger partial charge < -0.3 is 5.32 Å². The van der Waals surface area contributed by atoms with Crippen molar-refractivity contribution in [1.29, 1.82) is 0 Å². The normalized spacial score (nSPS) is 11.4. The number of nitrogens with zero attached hydrogens (tertiary/aromatic N) is 2. The number of hydrogen-bond donors (Lipinski definition) is 1. The van der Waals surface area contributed by atoms with Crippen LogP contribution in [0.5, 0.6) is 0 Å². The summed E-state index contributed by atoms with van der Waals surface area (Å²) in [5, 5.41) is 6.54. The first kappa shape index (κ1) is 14.4. The maximum absolute atomic E-state index is 12.7. The highest BCUT2D eigenvalue weighted by molar-refractivity contribution is 6.32. The third-order valence-electron chi connectivity index (χ3n) is 2.57. The van der Waals surface area contributed by atoms with E-state index in [1.807, 2.05) is 0 Å². The Labute approximate surface area is 116 Å². The Kier molecular flexibility index (Phi) is 3.71. The van der Waals surface area contributed by atoms with Gasteiger partial charge in [-0.2, -0.15) is 13.2 Å². The van der Waals surface area contributed by atoms with E-state index in [0.29, 0.717) is 0 Å². The van der Waals surface area contributed by atoms with Crippen LogP contribution in [0.1, 0.15) is 5.56 Å². The van der Waals surface area contributed by atoms with Crippen LogP contribution < -0.4 is 10.7 Å². The highest BCUT2D eigenvalue weighted by Gasteiger charge is 2.31. The van der Waals surface area contributed by atoms with E-state index in [4.69, 9.17) is 11.6 Å². The van der Waals surface area contributed by atoms with Gasteiger partial charge in [0.1, 0.15) is 0 Å². The highest BCUT2D eigenvalue weighted by Crippen LogP contribution is 2.32. The molecule has 4 nitrogen and oxygen atoms in total. The van der Waals surface area contributed by atoms with Crippen molar-refractivity contribution in [2.24, 2.45) is 0 Å². The van der Waals surface area contributed by atoms with Gasteiger partial charge in [0.25, 0.3) is 0 Å². The lowest BCUT2D eigenvalue weighted by Gasteiger charge is -2.12. The SMILES string of the molecule is CNc1nn(-c2cc(C(F)(F)F)ccc2Cl)ccc1=O. The summed E-state index contributed by atoms with van der Waals surface area (Å²) in [6, 6.07) is 4.08. The number of aromatic nitrogens is 2. The van der Waals surface area contributed by atoms with Crippen molar-refractivity contribution in [2.75, 3.05) is 12.4 Å². The van der Waals surface area contributed by atoms with E-state index in [9.17, 15) is 18.0 Å². The summed E-state index contributed by atoms with van der Waals surface area (Å²) in [6.45, 7) is 0. The smallest absolute Gasteiger partial charge is 0.368 e. The standard InChI is InChI=1S/C12H9ClF3N3O/c1-17-11-10(20)4-5-19(18-11)9-6-7(12(14,15)16)2-3-8(9)13/h2-6H,1H3,(H,17,18).